The summed E-state index contributed by atoms with van der Waals surface area (Å²) in [6, 6.07) is 0. The average Bonchev–Trinajstić information content (AvgIpc) is 1.88. The van der Waals surface area contributed by atoms with Gasteiger partial charge in [0.15, 0.2) is 0 Å². The fourth-order valence-electron chi connectivity index (χ4n) is 0.894. The van der Waals surface area contributed by atoms with Gasteiger partial charge >= 0.3 is 6.09 Å². The normalized spacial score (nSPS) is 11.3. The van der Waals surface area contributed by atoms with Gasteiger partial charge in [0.1, 0.15) is 0 Å². The topological polar surface area (TPSA) is 40.5 Å². The summed E-state index contributed by atoms with van der Waals surface area (Å²) in [5.41, 5.74) is -0.319. The van der Waals surface area contributed by atoms with E-state index in [0.717, 1.165) is 0 Å². The smallest absolute Gasteiger partial charge is 0.407 e. The number of nitrogens with zero attached hydrogens (tertiary/aromatic N) is 1. The molecule has 1 N–H and O–H groups in total. The summed E-state index contributed by atoms with van der Waals surface area (Å²) in [6.07, 6.45) is -0.864. The Balaban J connectivity index is 4.36. The number of alkyl halides is 1. The first-order valence-corrected chi connectivity index (χ1v) is 4.64. The molecule has 0 aromatic carbocycles. The zero-order valence-electron chi connectivity index (χ0n) is 7.09. The highest BCUT2D eigenvalue weighted by Crippen LogP contribution is 2.16. The molecule has 0 heterocycles. The monoisotopic (exact) mass is 223 g/mol. The van der Waals surface area contributed by atoms with Crippen molar-refractivity contribution in [2.75, 3.05) is 11.9 Å². The Hall–Kier alpha value is -0.250. The van der Waals surface area contributed by atoms with Crippen molar-refractivity contribution in [2.45, 2.75) is 26.3 Å². The van der Waals surface area contributed by atoms with E-state index in [1.54, 1.807) is 0 Å². The van der Waals surface area contributed by atoms with Gasteiger partial charge in [-0.25, -0.2) is 4.79 Å². The standard InChI is InChI=1S/C7H14BrNO2/c1-4-9(6(10)11)7(2,3)5-8/h4-5H2,1-3H3,(H,10,11). The van der Waals surface area contributed by atoms with Crippen LogP contribution < -0.4 is 0 Å². The second-order valence-electron chi connectivity index (χ2n) is 2.97. The Morgan fingerprint density at radius 3 is 2.18 bits per heavy atom. The van der Waals surface area contributed by atoms with Gasteiger partial charge in [0.05, 0.1) is 5.54 Å². The van der Waals surface area contributed by atoms with Crippen LogP contribution in [0.3, 0.4) is 0 Å². The van der Waals surface area contributed by atoms with Crippen LogP contribution >= 0.6 is 15.9 Å². The van der Waals surface area contributed by atoms with Gasteiger partial charge in [-0.15, -0.1) is 0 Å². The van der Waals surface area contributed by atoms with Crippen molar-refractivity contribution in [3.05, 3.63) is 0 Å². The number of hydrogen-bond donors (Lipinski definition) is 1. The van der Waals surface area contributed by atoms with E-state index in [2.05, 4.69) is 15.9 Å². The Bertz CT molecular complexity index is 147. The molecule has 66 valence electrons. The van der Waals surface area contributed by atoms with E-state index in [9.17, 15) is 4.79 Å². The van der Waals surface area contributed by atoms with E-state index >= 15 is 0 Å². The number of carbonyl (C=O) groups is 1. The van der Waals surface area contributed by atoms with Gasteiger partial charge in [0.2, 0.25) is 0 Å². The van der Waals surface area contributed by atoms with Crippen molar-refractivity contribution in [3.8, 4) is 0 Å². The molecule has 4 heteroatoms. The van der Waals surface area contributed by atoms with Crippen LogP contribution in [-0.4, -0.2) is 33.5 Å². The Morgan fingerprint density at radius 2 is 2.09 bits per heavy atom. The van der Waals surface area contributed by atoms with E-state index in [0.29, 0.717) is 11.9 Å². The third-order valence-corrected chi connectivity index (χ3v) is 2.98. The van der Waals surface area contributed by atoms with Crippen LogP contribution in [0.4, 0.5) is 4.79 Å². The molecule has 1 amide bonds. The number of carboxylic acid groups (broad SMARTS) is 1. The van der Waals surface area contributed by atoms with E-state index in [4.69, 9.17) is 5.11 Å². The molecule has 0 spiro atoms. The van der Waals surface area contributed by atoms with Crippen molar-refractivity contribution >= 4 is 22.0 Å². The number of amides is 1. The predicted molar refractivity (Wildman–Crippen MR) is 48.3 cm³/mol. The lowest BCUT2D eigenvalue weighted by Crippen LogP contribution is -2.48. The Morgan fingerprint density at radius 1 is 1.64 bits per heavy atom. The van der Waals surface area contributed by atoms with Crippen LogP contribution in [0.2, 0.25) is 0 Å². The van der Waals surface area contributed by atoms with Crippen LogP contribution in [0.15, 0.2) is 0 Å². The Labute approximate surface area is 75.5 Å². The first-order chi connectivity index (χ1) is 4.95. The first-order valence-electron chi connectivity index (χ1n) is 3.52. The summed E-state index contributed by atoms with van der Waals surface area (Å²) in [6.45, 7) is 6.13. The van der Waals surface area contributed by atoms with Gasteiger partial charge in [-0.2, -0.15) is 0 Å². The lowest BCUT2D eigenvalue weighted by Gasteiger charge is -2.33. The van der Waals surface area contributed by atoms with Crippen molar-refractivity contribution in [1.82, 2.24) is 4.90 Å². The predicted octanol–water partition coefficient (Wildman–Crippen LogP) is 2.16. The van der Waals surface area contributed by atoms with Crippen LogP contribution in [-0.2, 0) is 0 Å². The minimum absolute atomic E-state index is 0.319. The molecule has 0 bridgehead atoms. The summed E-state index contributed by atoms with van der Waals surface area (Å²) in [5, 5.41) is 9.40. The second-order valence-corrected chi connectivity index (χ2v) is 3.53. The highest BCUT2D eigenvalue weighted by atomic mass is 79.9. The second kappa shape index (κ2) is 3.95. The van der Waals surface area contributed by atoms with Crippen LogP contribution in [0, 0.1) is 0 Å². The number of halogens is 1. The van der Waals surface area contributed by atoms with E-state index in [1.165, 1.54) is 4.90 Å². The molecular weight excluding hydrogens is 210 g/mol. The third-order valence-electron chi connectivity index (χ3n) is 1.60. The molecule has 0 radical (unpaired) electrons. The number of hydrogen-bond acceptors (Lipinski definition) is 1. The summed E-state index contributed by atoms with van der Waals surface area (Å²) in [5.74, 6) is 0. The molecule has 0 aliphatic carbocycles. The zero-order valence-corrected chi connectivity index (χ0v) is 8.68. The van der Waals surface area contributed by atoms with E-state index in [1.807, 2.05) is 20.8 Å². The molecule has 0 aromatic heterocycles. The maximum Gasteiger partial charge on any atom is 0.407 e. The molecule has 0 aliphatic rings. The fraction of sp³-hybridized carbons (Fsp3) is 0.857. The SMILES string of the molecule is CCN(C(=O)O)C(C)(C)CBr. The maximum atomic E-state index is 10.6. The maximum absolute atomic E-state index is 10.6. The summed E-state index contributed by atoms with van der Waals surface area (Å²) >= 11 is 3.28. The molecule has 0 fully saturated rings. The fourth-order valence-corrected chi connectivity index (χ4v) is 1.20. The molecule has 0 atom stereocenters. The van der Waals surface area contributed by atoms with Crippen molar-refractivity contribution < 1.29 is 9.90 Å². The van der Waals surface area contributed by atoms with E-state index < -0.39 is 6.09 Å². The van der Waals surface area contributed by atoms with Gasteiger partial charge in [-0.05, 0) is 20.8 Å². The molecule has 0 saturated heterocycles. The minimum Gasteiger partial charge on any atom is -0.465 e. The molecule has 0 saturated carbocycles. The van der Waals surface area contributed by atoms with Crippen molar-refractivity contribution in [1.29, 1.82) is 0 Å². The highest BCUT2D eigenvalue weighted by Gasteiger charge is 2.27. The molecule has 0 aromatic rings. The van der Waals surface area contributed by atoms with Crippen molar-refractivity contribution in [2.24, 2.45) is 0 Å². The lowest BCUT2D eigenvalue weighted by atomic mass is 10.1. The molecule has 0 unspecified atom stereocenters. The van der Waals surface area contributed by atoms with Gasteiger partial charge in [0.25, 0.3) is 0 Å². The first kappa shape index (κ1) is 10.8. The van der Waals surface area contributed by atoms with Crippen LogP contribution in [0.5, 0.6) is 0 Å². The molecule has 0 aliphatic heterocycles. The van der Waals surface area contributed by atoms with E-state index in [-0.39, 0.29) is 5.54 Å². The van der Waals surface area contributed by atoms with Gasteiger partial charge < -0.3 is 10.0 Å². The van der Waals surface area contributed by atoms with Crippen LogP contribution in [0.1, 0.15) is 20.8 Å². The highest BCUT2D eigenvalue weighted by molar-refractivity contribution is 9.09. The largest absolute Gasteiger partial charge is 0.465 e. The van der Waals surface area contributed by atoms with Gasteiger partial charge in [-0.1, -0.05) is 15.9 Å². The summed E-state index contributed by atoms with van der Waals surface area (Å²) in [7, 11) is 0. The number of rotatable bonds is 3. The van der Waals surface area contributed by atoms with Gasteiger partial charge in [0, 0.05) is 11.9 Å². The molecule has 0 rings (SSSR count). The third kappa shape index (κ3) is 2.69. The summed E-state index contributed by atoms with van der Waals surface area (Å²) < 4.78 is 0. The molecular formula is C7H14BrNO2. The van der Waals surface area contributed by atoms with Gasteiger partial charge in [-0.3, -0.25) is 0 Å². The lowest BCUT2D eigenvalue weighted by molar-refractivity contribution is 0.107. The molecule has 11 heavy (non-hydrogen) atoms. The summed E-state index contributed by atoms with van der Waals surface area (Å²) in [4.78, 5) is 12.0. The van der Waals surface area contributed by atoms with Crippen LogP contribution in [0.25, 0.3) is 0 Å². The average molecular weight is 224 g/mol. The minimum atomic E-state index is -0.864. The van der Waals surface area contributed by atoms with Crippen molar-refractivity contribution in [3.63, 3.8) is 0 Å². The quantitative estimate of drug-likeness (QED) is 0.746. The zero-order chi connectivity index (χ0) is 9.07. The Kier molecular flexibility index (Phi) is 3.86. The molecule has 3 nitrogen and oxygen atoms in total.